The van der Waals surface area contributed by atoms with Gasteiger partial charge in [0.2, 0.25) is 0 Å². The molecule has 2 N–H and O–H groups in total. The van der Waals surface area contributed by atoms with E-state index in [0.29, 0.717) is 11.8 Å². The van der Waals surface area contributed by atoms with Crippen LogP contribution < -0.4 is 5.32 Å². The van der Waals surface area contributed by atoms with Crippen LogP contribution in [0.3, 0.4) is 0 Å². The van der Waals surface area contributed by atoms with Crippen molar-refractivity contribution in [3.8, 4) is 5.75 Å². The third-order valence-electron chi connectivity index (χ3n) is 2.92. The lowest BCUT2D eigenvalue weighted by atomic mass is 9.97. The molecule has 1 unspecified atom stereocenters. The van der Waals surface area contributed by atoms with Gasteiger partial charge < -0.3 is 10.4 Å². The average molecular weight is 223 g/mol. The van der Waals surface area contributed by atoms with E-state index in [1.165, 1.54) is 17.7 Å². The Kier molecular flexibility index (Phi) is 3.54. The second-order valence-electron chi connectivity index (χ2n) is 3.90. The summed E-state index contributed by atoms with van der Waals surface area (Å²) < 4.78 is 0. The zero-order chi connectivity index (χ0) is 10.7. The van der Waals surface area contributed by atoms with Gasteiger partial charge in [0.05, 0.1) is 0 Å². The summed E-state index contributed by atoms with van der Waals surface area (Å²) in [5.74, 6) is 0.432. The van der Waals surface area contributed by atoms with Crippen LogP contribution >= 0.6 is 11.8 Å². The average Bonchev–Trinajstić information content (AvgIpc) is 2.29. The highest BCUT2D eigenvalue weighted by atomic mass is 32.2. The largest absolute Gasteiger partial charge is 0.508 e. The van der Waals surface area contributed by atoms with Gasteiger partial charge in [0.25, 0.3) is 0 Å². The summed E-state index contributed by atoms with van der Waals surface area (Å²) in [6.45, 7) is 1.06. The van der Waals surface area contributed by atoms with Crippen molar-refractivity contribution in [1.29, 1.82) is 0 Å². The van der Waals surface area contributed by atoms with Crippen LogP contribution in [0.1, 0.15) is 30.9 Å². The number of phenolic OH excluding ortho intramolecular Hbond substituents is 1. The van der Waals surface area contributed by atoms with Gasteiger partial charge in [0.15, 0.2) is 0 Å². The van der Waals surface area contributed by atoms with E-state index in [1.54, 1.807) is 17.8 Å². The van der Waals surface area contributed by atoms with Crippen molar-refractivity contribution in [3.63, 3.8) is 0 Å². The van der Waals surface area contributed by atoms with Gasteiger partial charge in [-0.1, -0.05) is 12.5 Å². The molecule has 1 aliphatic rings. The predicted molar refractivity (Wildman–Crippen MR) is 64.5 cm³/mol. The summed E-state index contributed by atoms with van der Waals surface area (Å²) in [6.07, 6.45) is 5.69. The zero-order valence-corrected chi connectivity index (χ0v) is 9.81. The molecule has 1 aromatic rings. The molecular weight excluding hydrogens is 206 g/mol. The summed E-state index contributed by atoms with van der Waals surface area (Å²) in [4.78, 5) is 1.19. The topological polar surface area (TPSA) is 32.3 Å². The molecule has 1 aliphatic heterocycles. The molecule has 82 valence electrons. The van der Waals surface area contributed by atoms with Gasteiger partial charge in [0, 0.05) is 16.5 Å². The van der Waals surface area contributed by atoms with Crippen LogP contribution in [0.5, 0.6) is 5.75 Å². The van der Waals surface area contributed by atoms with E-state index in [-0.39, 0.29) is 0 Å². The maximum absolute atomic E-state index is 9.92. The third-order valence-corrected chi connectivity index (χ3v) is 3.72. The number of thioether (sulfide) groups is 1. The highest BCUT2D eigenvalue weighted by Gasteiger charge is 2.20. The molecule has 1 fully saturated rings. The monoisotopic (exact) mass is 223 g/mol. The Morgan fingerprint density at radius 1 is 1.40 bits per heavy atom. The summed E-state index contributed by atoms with van der Waals surface area (Å²) in [5, 5.41) is 13.4. The second-order valence-corrected chi connectivity index (χ2v) is 4.74. The zero-order valence-electron chi connectivity index (χ0n) is 8.99. The van der Waals surface area contributed by atoms with Crippen molar-refractivity contribution in [2.75, 3.05) is 12.8 Å². The minimum absolute atomic E-state index is 0.336. The SMILES string of the molecule is CSc1cccc(O)c1C1CCCCN1. The highest BCUT2D eigenvalue weighted by Crippen LogP contribution is 2.36. The number of rotatable bonds is 2. The van der Waals surface area contributed by atoms with Gasteiger partial charge in [-0.15, -0.1) is 11.8 Å². The van der Waals surface area contributed by atoms with Gasteiger partial charge in [0.1, 0.15) is 5.75 Å². The van der Waals surface area contributed by atoms with Crippen LogP contribution in [-0.2, 0) is 0 Å². The van der Waals surface area contributed by atoms with Crippen LogP contribution in [0.2, 0.25) is 0 Å². The van der Waals surface area contributed by atoms with Crippen LogP contribution in [0.15, 0.2) is 23.1 Å². The van der Waals surface area contributed by atoms with E-state index in [9.17, 15) is 5.11 Å². The fraction of sp³-hybridized carbons (Fsp3) is 0.500. The Bertz CT molecular complexity index is 334. The summed E-state index contributed by atoms with van der Waals surface area (Å²) in [5.41, 5.74) is 1.09. The Morgan fingerprint density at radius 2 is 2.27 bits per heavy atom. The van der Waals surface area contributed by atoms with Crippen molar-refractivity contribution < 1.29 is 5.11 Å². The molecule has 0 bridgehead atoms. The fourth-order valence-corrected chi connectivity index (χ4v) is 2.84. The Labute approximate surface area is 95.1 Å². The molecule has 0 aromatic heterocycles. The van der Waals surface area contributed by atoms with Crippen LogP contribution in [0, 0.1) is 0 Å². The number of aromatic hydroxyl groups is 1. The fourth-order valence-electron chi connectivity index (χ4n) is 2.16. The normalized spacial score (nSPS) is 21.5. The number of piperidine rings is 1. The standard InChI is InChI=1S/C12H17NOS/c1-15-11-7-4-6-10(14)12(11)9-5-2-3-8-13-9/h4,6-7,9,13-14H,2-3,5,8H2,1H3. The van der Waals surface area contributed by atoms with Gasteiger partial charge in [-0.2, -0.15) is 0 Å². The molecule has 2 rings (SSSR count). The molecule has 1 atom stereocenters. The minimum Gasteiger partial charge on any atom is -0.508 e. The van der Waals surface area contributed by atoms with Crippen LogP contribution in [-0.4, -0.2) is 17.9 Å². The van der Waals surface area contributed by atoms with Crippen molar-refractivity contribution in [3.05, 3.63) is 23.8 Å². The smallest absolute Gasteiger partial charge is 0.121 e. The van der Waals surface area contributed by atoms with E-state index in [2.05, 4.69) is 17.6 Å². The summed E-state index contributed by atoms with van der Waals surface area (Å²) >= 11 is 1.70. The molecule has 0 amide bonds. The Balaban J connectivity index is 2.31. The lowest BCUT2D eigenvalue weighted by molar-refractivity contribution is 0.386. The third kappa shape index (κ3) is 2.29. The maximum atomic E-state index is 9.92. The molecule has 0 radical (unpaired) electrons. The van der Waals surface area contributed by atoms with Gasteiger partial charge in [-0.05, 0) is 37.8 Å². The van der Waals surface area contributed by atoms with Crippen molar-refractivity contribution in [1.82, 2.24) is 5.32 Å². The van der Waals surface area contributed by atoms with E-state index in [0.717, 1.165) is 18.5 Å². The first-order valence-electron chi connectivity index (χ1n) is 5.42. The molecule has 2 nitrogen and oxygen atoms in total. The number of hydrogen-bond acceptors (Lipinski definition) is 3. The number of hydrogen-bond donors (Lipinski definition) is 2. The van der Waals surface area contributed by atoms with Crippen LogP contribution in [0.25, 0.3) is 0 Å². The molecule has 1 heterocycles. The molecule has 1 saturated heterocycles. The summed E-state index contributed by atoms with van der Waals surface area (Å²) in [7, 11) is 0. The predicted octanol–water partition coefficient (Wildman–Crippen LogP) is 2.93. The molecule has 0 spiro atoms. The van der Waals surface area contributed by atoms with E-state index in [1.807, 2.05) is 6.07 Å². The molecule has 15 heavy (non-hydrogen) atoms. The molecular formula is C12H17NOS. The van der Waals surface area contributed by atoms with Crippen molar-refractivity contribution in [2.45, 2.75) is 30.2 Å². The number of benzene rings is 1. The highest BCUT2D eigenvalue weighted by molar-refractivity contribution is 7.98. The first kappa shape index (κ1) is 10.8. The van der Waals surface area contributed by atoms with E-state index >= 15 is 0 Å². The summed E-state index contributed by atoms with van der Waals surface area (Å²) in [6, 6.07) is 6.11. The quantitative estimate of drug-likeness (QED) is 0.756. The molecule has 3 heteroatoms. The number of phenols is 1. The van der Waals surface area contributed by atoms with Crippen molar-refractivity contribution >= 4 is 11.8 Å². The maximum Gasteiger partial charge on any atom is 0.121 e. The Hall–Kier alpha value is -0.670. The van der Waals surface area contributed by atoms with Gasteiger partial charge in [-0.3, -0.25) is 0 Å². The van der Waals surface area contributed by atoms with Crippen molar-refractivity contribution in [2.24, 2.45) is 0 Å². The van der Waals surface area contributed by atoms with E-state index < -0.39 is 0 Å². The van der Waals surface area contributed by atoms with E-state index in [4.69, 9.17) is 0 Å². The molecule has 1 aromatic carbocycles. The lowest BCUT2D eigenvalue weighted by Gasteiger charge is -2.26. The molecule has 0 aliphatic carbocycles. The van der Waals surface area contributed by atoms with Gasteiger partial charge in [-0.25, -0.2) is 0 Å². The number of nitrogens with one attached hydrogen (secondary N) is 1. The first-order valence-corrected chi connectivity index (χ1v) is 6.64. The first-order chi connectivity index (χ1) is 7.33. The van der Waals surface area contributed by atoms with Gasteiger partial charge >= 0.3 is 0 Å². The van der Waals surface area contributed by atoms with Crippen LogP contribution in [0.4, 0.5) is 0 Å². The second kappa shape index (κ2) is 4.90. The molecule has 0 saturated carbocycles. The lowest BCUT2D eigenvalue weighted by Crippen LogP contribution is -2.27. The minimum atomic E-state index is 0.336. The Morgan fingerprint density at radius 3 is 2.93 bits per heavy atom.